The monoisotopic (exact) mass is 374 g/mol. The molecule has 124 valence electrons. The number of nitrogens with one attached hydrogen (secondary N) is 1. The number of amides is 1. The predicted octanol–water partition coefficient (Wildman–Crippen LogP) is 4.98. The number of thioether (sulfide) groups is 1. The van der Waals surface area contributed by atoms with Crippen molar-refractivity contribution in [1.29, 1.82) is 0 Å². The van der Waals surface area contributed by atoms with Crippen molar-refractivity contribution in [2.75, 3.05) is 0 Å². The normalized spacial score (nSPS) is 12.1. The molecule has 1 aromatic carbocycles. The zero-order chi connectivity index (χ0) is 16.9. The van der Waals surface area contributed by atoms with Gasteiger partial charge in [-0.15, -0.1) is 22.7 Å². The Morgan fingerprint density at radius 3 is 2.75 bits per heavy atom. The molecule has 6 heteroatoms. The number of thiazole rings is 1. The second-order valence-corrected chi connectivity index (χ2v) is 8.90. The van der Waals surface area contributed by atoms with Gasteiger partial charge in [0.15, 0.2) is 4.34 Å². The average molecular weight is 375 g/mol. The van der Waals surface area contributed by atoms with Crippen LogP contribution in [0.4, 0.5) is 0 Å². The molecule has 0 unspecified atom stereocenters. The summed E-state index contributed by atoms with van der Waals surface area (Å²) in [4.78, 5) is 18.0. The highest BCUT2D eigenvalue weighted by atomic mass is 32.2. The topological polar surface area (TPSA) is 42.0 Å². The van der Waals surface area contributed by atoms with Gasteiger partial charge in [0.25, 0.3) is 0 Å². The van der Waals surface area contributed by atoms with Gasteiger partial charge in [0.1, 0.15) is 0 Å². The number of aromatic nitrogens is 1. The highest BCUT2D eigenvalue weighted by molar-refractivity contribution is 8.02. The van der Waals surface area contributed by atoms with Gasteiger partial charge in [-0.05, 0) is 25.3 Å². The Hall–Kier alpha value is -1.63. The summed E-state index contributed by atoms with van der Waals surface area (Å²) in [5.41, 5.74) is 3.31. The Bertz CT molecular complexity index is 794. The molecule has 0 saturated heterocycles. The summed E-state index contributed by atoms with van der Waals surface area (Å²) < 4.78 is 0.921. The van der Waals surface area contributed by atoms with Crippen LogP contribution in [-0.2, 0) is 11.3 Å². The van der Waals surface area contributed by atoms with Crippen molar-refractivity contribution in [2.45, 2.75) is 30.0 Å². The van der Waals surface area contributed by atoms with Crippen LogP contribution < -0.4 is 5.32 Å². The molecule has 0 aliphatic rings. The Kier molecular flexibility index (Phi) is 5.71. The van der Waals surface area contributed by atoms with E-state index in [4.69, 9.17) is 0 Å². The first-order chi connectivity index (χ1) is 11.6. The smallest absolute Gasteiger partial charge is 0.233 e. The lowest BCUT2D eigenvalue weighted by atomic mass is 10.1. The summed E-state index contributed by atoms with van der Waals surface area (Å²) in [5.74, 6) is 0.0421. The quantitative estimate of drug-likeness (QED) is 0.619. The van der Waals surface area contributed by atoms with E-state index >= 15 is 0 Å². The van der Waals surface area contributed by atoms with Crippen molar-refractivity contribution in [3.63, 3.8) is 0 Å². The van der Waals surface area contributed by atoms with Crippen molar-refractivity contribution in [3.05, 3.63) is 57.6 Å². The lowest BCUT2D eigenvalue weighted by Crippen LogP contribution is -2.30. The molecule has 0 radical (unpaired) electrons. The minimum atomic E-state index is -0.165. The number of hydrogen-bond acceptors (Lipinski definition) is 5. The van der Waals surface area contributed by atoms with Gasteiger partial charge in [-0.1, -0.05) is 47.7 Å². The lowest BCUT2D eigenvalue weighted by Gasteiger charge is -2.09. The lowest BCUT2D eigenvalue weighted by molar-refractivity contribution is -0.120. The van der Waals surface area contributed by atoms with Crippen LogP contribution in [0.15, 0.2) is 51.5 Å². The Labute approximate surface area is 154 Å². The van der Waals surface area contributed by atoms with Crippen LogP contribution >= 0.6 is 34.4 Å². The molecular weight excluding hydrogens is 356 g/mol. The van der Waals surface area contributed by atoms with E-state index in [-0.39, 0.29) is 11.2 Å². The first-order valence-electron chi connectivity index (χ1n) is 7.61. The van der Waals surface area contributed by atoms with Crippen LogP contribution in [-0.4, -0.2) is 16.1 Å². The summed E-state index contributed by atoms with van der Waals surface area (Å²) in [6, 6.07) is 12.3. The maximum atomic E-state index is 12.2. The third kappa shape index (κ3) is 4.47. The minimum Gasteiger partial charge on any atom is -0.350 e. The number of thiophene rings is 1. The zero-order valence-corrected chi connectivity index (χ0v) is 15.9. The summed E-state index contributed by atoms with van der Waals surface area (Å²) in [6.07, 6.45) is 0. The molecule has 0 fully saturated rings. The first kappa shape index (κ1) is 17.2. The van der Waals surface area contributed by atoms with Crippen LogP contribution in [0.25, 0.3) is 11.3 Å². The summed E-state index contributed by atoms with van der Waals surface area (Å²) in [6.45, 7) is 4.58. The summed E-state index contributed by atoms with van der Waals surface area (Å²) in [5, 5.41) is 6.87. The second kappa shape index (κ2) is 7.96. The standard InChI is InChI=1S/C18H18N2OS3/c1-12-5-7-14(8-6-12)16-11-23-18(20-16)24-13(2)17(21)19-10-15-4-3-9-22-15/h3-9,11,13H,10H2,1-2H3,(H,19,21)/t13-/m1/s1. The molecule has 1 atom stereocenters. The fourth-order valence-corrected chi connectivity index (χ4v) is 4.74. The first-order valence-corrected chi connectivity index (χ1v) is 10.2. The van der Waals surface area contributed by atoms with Crippen molar-refractivity contribution in [1.82, 2.24) is 10.3 Å². The van der Waals surface area contributed by atoms with Gasteiger partial charge in [-0.25, -0.2) is 4.98 Å². The highest BCUT2D eigenvalue weighted by Crippen LogP contribution is 2.31. The Morgan fingerprint density at radius 2 is 2.04 bits per heavy atom. The van der Waals surface area contributed by atoms with Crippen LogP contribution in [0.2, 0.25) is 0 Å². The SMILES string of the molecule is Cc1ccc(-c2csc(S[C@H](C)C(=O)NCc3cccs3)n2)cc1. The van der Waals surface area contributed by atoms with E-state index in [0.29, 0.717) is 6.54 Å². The third-order valence-electron chi connectivity index (χ3n) is 3.49. The van der Waals surface area contributed by atoms with Crippen molar-refractivity contribution in [2.24, 2.45) is 0 Å². The number of nitrogens with zero attached hydrogens (tertiary/aromatic N) is 1. The van der Waals surface area contributed by atoms with Gasteiger partial charge in [0.05, 0.1) is 17.5 Å². The van der Waals surface area contributed by atoms with Crippen molar-refractivity contribution in [3.8, 4) is 11.3 Å². The van der Waals surface area contributed by atoms with Crippen LogP contribution in [0.5, 0.6) is 0 Å². The summed E-state index contributed by atoms with van der Waals surface area (Å²) >= 11 is 4.74. The van der Waals surface area contributed by atoms with Gasteiger partial charge in [-0.2, -0.15) is 0 Å². The highest BCUT2D eigenvalue weighted by Gasteiger charge is 2.16. The maximum absolute atomic E-state index is 12.2. The van der Waals surface area contributed by atoms with Crippen molar-refractivity contribution < 1.29 is 4.79 Å². The Balaban J connectivity index is 1.57. The molecule has 2 aromatic heterocycles. The predicted molar refractivity (Wildman–Crippen MR) is 104 cm³/mol. The van der Waals surface area contributed by atoms with Gasteiger partial charge >= 0.3 is 0 Å². The fourth-order valence-electron chi connectivity index (χ4n) is 2.10. The molecule has 0 saturated carbocycles. The van der Waals surface area contributed by atoms with Crippen LogP contribution in [0.3, 0.4) is 0 Å². The maximum Gasteiger partial charge on any atom is 0.233 e. The number of carbonyl (C=O) groups excluding carboxylic acids is 1. The molecule has 1 N–H and O–H groups in total. The average Bonchev–Trinajstić information content (AvgIpc) is 3.25. The third-order valence-corrected chi connectivity index (χ3v) is 6.44. The molecule has 2 heterocycles. The van der Waals surface area contributed by atoms with E-state index in [2.05, 4.69) is 41.5 Å². The van der Waals surface area contributed by atoms with Gasteiger partial charge in [0, 0.05) is 15.8 Å². The molecule has 0 spiro atoms. The molecular formula is C18H18N2OS3. The van der Waals surface area contributed by atoms with E-state index in [1.807, 2.05) is 29.8 Å². The number of rotatable bonds is 6. The number of benzene rings is 1. The molecule has 0 bridgehead atoms. The second-order valence-electron chi connectivity index (χ2n) is 5.42. The van der Waals surface area contributed by atoms with Gasteiger partial charge < -0.3 is 5.32 Å². The van der Waals surface area contributed by atoms with Gasteiger partial charge in [0.2, 0.25) is 5.91 Å². The molecule has 0 aliphatic heterocycles. The van der Waals surface area contributed by atoms with Crippen LogP contribution in [0, 0.1) is 6.92 Å². The van der Waals surface area contributed by atoms with E-state index < -0.39 is 0 Å². The largest absolute Gasteiger partial charge is 0.350 e. The van der Waals surface area contributed by atoms with E-state index in [1.54, 1.807) is 22.7 Å². The van der Waals surface area contributed by atoms with E-state index in [0.717, 1.165) is 20.5 Å². The van der Waals surface area contributed by atoms with E-state index in [9.17, 15) is 4.79 Å². The number of aryl methyl sites for hydroxylation is 1. The molecule has 3 nitrogen and oxygen atoms in total. The molecule has 3 aromatic rings. The van der Waals surface area contributed by atoms with Crippen molar-refractivity contribution >= 4 is 40.3 Å². The number of hydrogen-bond donors (Lipinski definition) is 1. The minimum absolute atomic E-state index is 0.0421. The van der Waals surface area contributed by atoms with Crippen LogP contribution in [0.1, 0.15) is 17.4 Å². The molecule has 0 aliphatic carbocycles. The fraction of sp³-hybridized carbons (Fsp3) is 0.222. The Morgan fingerprint density at radius 1 is 1.25 bits per heavy atom. The molecule has 24 heavy (non-hydrogen) atoms. The zero-order valence-electron chi connectivity index (χ0n) is 13.5. The van der Waals surface area contributed by atoms with E-state index in [1.165, 1.54) is 17.3 Å². The van der Waals surface area contributed by atoms with Gasteiger partial charge in [-0.3, -0.25) is 4.79 Å². The summed E-state index contributed by atoms with van der Waals surface area (Å²) in [7, 11) is 0. The molecule has 3 rings (SSSR count). The number of carbonyl (C=O) groups is 1. The molecule has 1 amide bonds.